The van der Waals surface area contributed by atoms with Crippen molar-refractivity contribution in [2.45, 2.75) is 69.3 Å². The number of aromatic nitrogens is 3. The Kier molecular flexibility index (Phi) is 8.10. The molecule has 0 bridgehead atoms. The fourth-order valence-corrected chi connectivity index (χ4v) is 7.31. The first-order valence-electron chi connectivity index (χ1n) is 14.6. The van der Waals surface area contributed by atoms with E-state index in [1.54, 1.807) is 12.1 Å². The predicted octanol–water partition coefficient (Wildman–Crippen LogP) is 5.50. The number of anilines is 2. The third kappa shape index (κ3) is 6.09. The van der Waals surface area contributed by atoms with Crippen molar-refractivity contribution < 1.29 is 21.9 Å². The van der Waals surface area contributed by atoms with E-state index < -0.39 is 27.4 Å². The van der Waals surface area contributed by atoms with Crippen LogP contribution in [0.1, 0.15) is 62.6 Å². The van der Waals surface area contributed by atoms with E-state index in [2.05, 4.69) is 15.0 Å². The summed E-state index contributed by atoms with van der Waals surface area (Å²) in [4.78, 5) is 4.54. The summed E-state index contributed by atoms with van der Waals surface area (Å²) in [6.07, 6.45) is 5.96. The lowest BCUT2D eigenvalue weighted by molar-refractivity contribution is -0.0121. The van der Waals surface area contributed by atoms with E-state index in [1.807, 2.05) is 24.7 Å². The molecule has 2 fully saturated rings. The minimum Gasteiger partial charge on any atom is -0.383 e. The van der Waals surface area contributed by atoms with Gasteiger partial charge in [-0.3, -0.25) is 9.40 Å². The van der Waals surface area contributed by atoms with Gasteiger partial charge in [0.05, 0.1) is 41.6 Å². The standard InChI is InChI=1S/C31H36F2N6O3S/c1-18(2)39-30-24(19-7-10-22(11-8-19)36-23-15-42-16-23)14-35-31(34)28(30)29(37-39)20-9-12-27(26(33)13-20)38-43(40,41)17-21-5-3-4-6-25(21)32/h3-6,9,12-14,18-19,22-23,36,38H,7-8,10-11,15-17H2,1-2H3,(H2,34,35)/t19-,22-. The molecule has 0 spiro atoms. The number of pyridine rings is 1. The minimum atomic E-state index is -4.08. The summed E-state index contributed by atoms with van der Waals surface area (Å²) in [5, 5.41) is 9.23. The Balaban J connectivity index is 1.29. The zero-order chi connectivity index (χ0) is 30.3. The second kappa shape index (κ2) is 11.8. The molecule has 0 amide bonds. The number of nitrogens with zero attached hydrogens (tertiary/aromatic N) is 3. The van der Waals surface area contributed by atoms with Gasteiger partial charge in [0.2, 0.25) is 10.0 Å². The lowest BCUT2D eigenvalue weighted by Gasteiger charge is -2.35. The Labute approximate surface area is 249 Å². The topological polar surface area (TPSA) is 124 Å². The highest BCUT2D eigenvalue weighted by Crippen LogP contribution is 2.41. The zero-order valence-corrected chi connectivity index (χ0v) is 25.0. The van der Waals surface area contributed by atoms with Crippen molar-refractivity contribution in [2.24, 2.45) is 0 Å². The van der Waals surface area contributed by atoms with Crippen LogP contribution in [0.25, 0.3) is 22.2 Å². The lowest BCUT2D eigenvalue weighted by Crippen LogP contribution is -2.51. The molecule has 6 rings (SSSR count). The Morgan fingerprint density at radius 3 is 2.44 bits per heavy atom. The number of hydrogen-bond acceptors (Lipinski definition) is 7. The largest absolute Gasteiger partial charge is 0.383 e. The second-order valence-electron chi connectivity index (χ2n) is 11.8. The van der Waals surface area contributed by atoms with Crippen LogP contribution in [0.5, 0.6) is 0 Å². The SMILES string of the molecule is CC(C)n1nc(-c2ccc(NS(=O)(=O)Cc3ccccc3F)c(F)c2)c2c(N)ncc([C@H]3CC[C@H](NC4COC4)CC3)c21. The first kappa shape index (κ1) is 29.5. The van der Waals surface area contributed by atoms with Crippen molar-refractivity contribution in [1.29, 1.82) is 0 Å². The monoisotopic (exact) mass is 610 g/mol. The van der Waals surface area contributed by atoms with Crippen LogP contribution in [0.15, 0.2) is 48.7 Å². The first-order chi connectivity index (χ1) is 20.6. The van der Waals surface area contributed by atoms with E-state index in [-0.39, 0.29) is 23.2 Å². The van der Waals surface area contributed by atoms with Gasteiger partial charge in [-0.2, -0.15) is 5.10 Å². The number of hydrogen-bond donors (Lipinski definition) is 3. The van der Waals surface area contributed by atoms with E-state index in [0.717, 1.165) is 50.0 Å². The number of rotatable bonds is 9. The smallest absolute Gasteiger partial charge is 0.237 e. The second-order valence-corrected chi connectivity index (χ2v) is 13.5. The first-order valence-corrected chi connectivity index (χ1v) is 16.3. The van der Waals surface area contributed by atoms with Gasteiger partial charge in [0.1, 0.15) is 23.1 Å². The maximum Gasteiger partial charge on any atom is 0.237 e. The third-order valence-electron chi connectivity index (χ3n) is 8.36. The fourth-order valence-electron chi connectivity index (χ4n) is 6.10. The van der Waals surface area contributed by atoms with Gasteiger partial charge >= 0.3 is 0 Å². The normalized spacial score (nSPS) is 19.6. The quantitative estimate of drug-likeness (QED) is 0.229. The maximum absolute atomic E-state index is 15.4. The van der Waals surface area contributed by atoms with Crippen LogP contribution in [0.4, 0.5) is 20.3 Å². The number of fused-ring (bicyclic) bond motifs is 1. The van der Waals surface area contributed by atoms with Gasteiger partial charge in [-0.25, -0.2) is 22.2 Å². The summed E-state index contributed by atoms with van der Waals surface area (Å²) in [7, 11) is -4.08. The minimum absolute atomic E-state index is 0.00253. The molecular formula is C31H36F2N6O3S. The lowest BCUT2D eigenvalue weighted by atomic mass is 9.81. The van der Waals surface area contributed by atoms with Crippen molar-refractivity contribution in [2.75, 3.05) is 23.7 Å². The highest BCUT2D eigenvalue weighted by Gasteiger charge is 2.30. The van der Waals surface area contributed by atoms with Gasteiger partial charge in [-0.15, -0.1) is 0 Å². The van der Waals surface area contributed by atoms with Gasteiger partial charge in [-0.1, -0.05) is 24.3 Å². The molecule has 1 aliphatic carbocycles. The zero-order valence-electron chi connectivity index (χ0n) is 24.2. The van der Waals surface area contributed by atoms with Crippen molar-refractivity contribution in [3.8, 4) is 11.3 Å². The number of halogens is 2. The van der Waals surface area contributed by atoms with Gasteiger partial charge in [-0.05, 0) is 69.2 Å². The van der Waals surface area contributed by atoms with Crippen molar-refractivity contribution >= 4 is 32.4 Å². The number of benzene rings is 2. The molecule has 1 saturated carbocycles. The molecule has 4 aromatic rings. The van der Waals surface area contributed by atoms with Crippen LogP contribution in [-0.2, 0) is 20.5 Å². The Hall–Kier alpha value is -3.61. The van der Waals surface area contributed by atoms with E-state index in [4.69, 9.17) is 15.6 Å². The number of ether oxygens (including phenoxy) is 1. The maximum atomic E-state index is 15.4. The van der Waals surface area contributed by atoms with Crippen LogP contribution < -0.4 is 15.8 Å². The molecule has 43 heavy (non-hydrogen) atoms. The third-order valence-corrected chi connectivity index (χ3v) is 9.58. The molecule has 4 N–H and O–H groups in total. The Morgan fingerprint density at radius 1 is 1.05 bits per heavy atom. The number of nitrogens with one attached hydrogen (secondary N) is 2. The molecule has 9 nitrogen and oxygen atoms in total. The van der Waals surface area contributed by atoms with E-state index >= 15 is 4.39 Å². The molecule has 12 heteroatoms. The van der Waals surface area contributed by atoms with Crippen LogP contribution in [0.3, 0.4) is 0 Å². The van der Waals surface area contributed by atoms with Gasteiger partial charge < -0.3 is 15.8 Å². The van der Waals surface area contributed by atoms with E-state index in [1.165, 1.54) is 30.3 Å². The van der Waals surface area contributed by atoms with Crippen molar-refractivity contribution in [3.05, 3.63) is 71.4 Å². The number of sulfonamides is 1. The van der Waals surface area contributed by atoms with Crippen molar-refractivity contribution in [3.63, 3.8) is 0 Å². The van der Waals surface area contributed by atoms with Gasteiger partial charge in [0.15, 0.2) is 0 Å². The highest BCUT2D eigenvalue weighted by atomic mass is 32.2. The fraction of sp³-hybridized carbons (Fsp3) is 0.419. The Bertz CT molecular complexity index is 1750. The van der Waals surface area contributed by atoms with Crippen LogP contribution in [-0.4, -0.2) is 48.5 Å². The van der Waals surface area contributed by atoms with E-state index in [0.29, 0.717) is 34.5 Å². The van der Waals surface area contributed by atoms with Crippen molar-refractivity contribution in [1.82, 2.24) is 20.1 Å². The predicted molar refractivity (Wildman–Crippen MR) is 163 cm³/mol. The van der Waals surface area contributed by atoms with Crippen LogP contribution in [0.2, 0.25) is 0 Å². The average Bonchev–Trinajstić information content (AvgIpc) is 3.36. The molecule has 1 aliphatic heterocycles. The van der Waals surface area contributed by atoms with Crippen LogP contribution in [0, 0.1) is 11.6 Å². The summed E-state index contributed by atoms with van der Waals surface area (Å²) >= 11 is 0. The molecule has 0 unspecified atom stereocenters. The molecule has 228 valence electrons. The van der Waals surface area contributed by atoms with Crippen LogP contribution >= 0.6 is 0 Å². The summed E-state index contributed by atoms with van der Waals surface area (Å²) in [5.41, 5.74) is 9.11. The Morgan fingerprint density at radius 2 is 1.79 bits per heavy atom. The summed E-state index contributed by atoms with van der Waals surface area (Å²) in [6.45, 7) is 5.62. The molecule has 1 saturated heterocycles. The molecule has 0 radical (unpaired) electrons. The van der Waals surface area contributed by atoms with Gasteiger partial charge in [0.25, 0.3) is 0 Å². The van der Waals surface area contributed by atoms with Gasteiger partial charge in [0, 0.05) is 29.4 Å². The molecule has 0 atom stereocenters. The summed E-state index contributed by atoms with van der Waals surface area (Å²) < 4.78 is 64.3. The molecule has 2 aromatic heterocycles. The molecular weight excluding hydrogens is 574 g/mol. The summed E-state index contributed by atoms with van der Waals surface area (Å²) in [6, 6.07) is 10.7. The molecule has 2 aliphatic rings. The van der Waals surface area contributed by atoms with E-state index in [9.17, 15) is 12.8 Å². The highest BCUT2D eigenvalue weighted by molar-refractivity contribution is 7.91. The molecule has 2 aromatic carbocycles. The number of nitrogen functional groups attached to an aromatic ring is 1. The summed E-state index contributed by atoms with van der Waals surface area (Å²) in [5.74, 6) is -1.46. The molecule has 3 heterocycles. The average molecular weight is 611 g/mol. The number of nitrogens with two attached hydrogens (primary N) is 1.